The Bertz CT molecular complexity index is 1050. The summed E-state index contributed by atoms with van der Waals surface area (Å²) in [5, 5.41) is 2.79. The first kappa shape index (κ1) is 17.7. The second-order valence-electron chi connectivity index (χ2n) is 6.26. The van der Waals surface area contributed by atoms with Crippen LogP contribution < -0.4 is 20.3 Å². The average molecular weight is 378 g/mol. The number of carbonyl (C=O) groups excluding carboxylic acids is 1. The second-order valence-corrected chi connectivity index (χ2v) is 6.26. The van der Waals surface area contributed by atoms with E-state index in [1.165, 1.54) is 6.07 Å². The van der Waals surface area contributed by atoms with Gasteiger partial charge in [-0.1, -0.05) is 6.07 Å². The third-order valence-corrected chi connectivity index (χ3v) is 4.17. The van der Waals surface area contributed by atoms with Crippen molar-refractivity contribution in [1.82, 2.24) is 20.3 Å². The van der Waals surface area contributed by atoms with Crippen molar-refractivity contribution in [2.24, 2.45) is 0 Å². The smallest absolute Gasteiger partial charge is 0.251 e. The molecule has 1 aliphatic rings. The number of aromatic amines is 1. The number of hydrogen-bond donors (Lipinski definition) is 2. The zero-order chi connectivity index (χ0) is 19.3. The topological polar surface area (TPSA) is 106 Å². The van der Waals surface area contributed by atoms with Crippen molar-refractivity contribution in [1.29, 1.82) is 0 Å². The number of fused-ring (bicyclic) bond motifs is 1. The second kappa shape index (κ2) is 7.91. The van der Waals surface area contributed by atoms with Gasteiger partial charge in [0.1, 0.15) is 19.0 Å². The van der Waals surface area contributed by atoms with E-state index in [0.717, 1.165) is 5.56 Å². The van der Waals surface area contributed by atoms with Gasteiger partial charge in [0.05, 0.1) is 18.7 Å². The molecule has 0 atom stereocenters. The lowest BCUT2D eigenvalue weighted by Crippen LogP contribution is -2.26. The van der Waals surface area contributed by atoms with Crippen molar-refractivity contribution < 1.29 is 14.3 Å². The fourth-order valence-corrected chi connectivity index (χ4v) is 2.87. The van der Waals surface area contributed by atoms with Crippen molar-refractivity contribution >= 4 is 5.91 Å². The van der Waals surface area contributed by atoms with E-state index < -0.39 is 0 Å². The summed E-state index contributed by atoms with van der Waals surface area (Å²) in [6, 6.07) is 10.4. The first-order valence-corrected chi connectivity index (χ1v) is 8.83. The highest BCUT2D eigenvalue weighted by atomic mass is 16.6. The Hall–Kier alpha value is -3.68. The molecule has 0 spiro atoms. The van der Waals surface area contributed by atoms with E-state index in [9.17, 15) is 9.59 Å². The van der Waals surface area contributed by atoms with Gasteiger partial charge in [-0.15, -0.1) is 0 Å². The molecule has 4 rings (SSSR count). The van der Waals surface area contributed by atoms with Crippen LogP contribution in [0.4, 0.5) is 0 Å². The minimum absolute atomic E-state index is 0.153. The van der Waals surface area contributed by atoms with E-state index in [1.807, 2.05) is 6.07 Å². The number of pyridine rings is 1. The molecule has 1 amide bonds. The molecule has 1 aromatic carbocycles. The van der Waals surface area contributed by atoms with Crippen molar-refractivity contribution in [3.63, 3.8) is 0 Å². The number of benzene rings is 1. The van der Waals surface area contributed by atoms with Crippen molar-refractivity contribution in [3.8, 4) is 22.9 Å². The van der Waals surface area contributed by atoms with Gasteiger partial charge in [-0.3, -0.25) is 14.6 Å². The van der Waals surface area contributed by atoms with E-state index in [1.54, 1.807) is 36.7 Å². The zero-order valence-electron chi connectivity index (χ0n) is 15.0. The Labute approximate surface area is 160 Å². The number of nitrogens with one attached hydrogen (secondary N) is 2. The van der Waals surface area contributed by atoms with Crippen LogP contribution in [0.15, 0.2) is 53.6 Å². The molecular weight excluding hydrogens is 360 g/mol. The SMILES string of the molecule is O=C(Cc1ccc2c(c1)OCCO2)NCc1cc(=O)[nH]c(-c2cccnc2)n1. The number of amides is 1. The normalized spacial score (nSPS) is 12.4. The van der Waals surface area contributed by atoms with E-state index in [-0.39, 0.29) is 24.4 Å². The van der Waals surface area contributed by atoms with E-state index in [2.05, 4.69) is 20.3 Å². The highest BCUT2D eigenvalue weighted by Gasteiger charge is 2.13. The third kappa shape index (κ3) is 4.17. The van der Waals surface area contributed by atoms with Gasteiger partial charge in [-0.25, -0.2) is 4.98 Å². The minimum Gasteiger partial charge on any atom is -0.486 e. The summed E-state index contributed by atoms with van der Waals surface area (Å²) in [5.41, 5.74) is 1.70. The van der Waals surface area contributed by atoms with Crippen LogP contribution in [-0.4, -0.2) is 34.1 Å². The van der Waals surface area contributed by atoms with Gasteiger partial charge in [0.2, 0.25) is 5.91 Å². The van der Waals surface area contributed by atoms with Gasteiger partial charge in [0, 0.05) is 24.0 Å². The summed E-state index contributed by atoms with van der Waals surface area (Å²) in [6.07, 6.45) is 3.45. The Kier molecular flexibility index (Phi) is 5.01. The molecule has 0 saturated carbocycles. The molecule has 1 aliphatic heterocycles. The summed E-state index contributed by atoms with van der Waals surface area (Å²) in [6.45, 7) is 1.17. The molecule has 3 heterocycles. The molecule has 2 aromatic heterocycles. The molecule has 0 aliphatic carbocycles. The van der Waals surface area contributed by atoms with Crippen LogP contribution in [0.2, 0.25) is 0 Å². The predicted octanol–water partition coefficient (Wildman–Crippen LogP) is 1.46. The predicted molar refractivity (Wildman–Crippen MR) is 101 cm³/mol. The summed E-state index contributed by atoms with van der Waals surface area (Å²) >= 11 is 0. The summed E-state index contributed by atoms with van der Waals surface area (Å²) in [4.78, 5) is 35.3. The van der Waals surface area contributed by atoms with Gasteiger partial charge in [0.25, 0.3) is 5.56 Å². The number of ether oxygens (including phenoxy) is 2. The quantitative estimate of drug-likeness (QED) is 0.696. The third-order valence-electron chi connectivity index (χ3n) is 4.17. The van der Waals surface area contributed by atoms with Crippen LogP contribution in [0.1, 0.15) is 11.3 Å². The maximum atomic E-state index is 12.3. The molecule has 0 bridgehead atoms. The van der Waals surface area contributed by atoms with Crippen LogP contribution >= 0.6 is 0 Å². The summed E-state index contributed by atoms with van der Waals surface area (Å²) in [5.74, 6) is 1.57. The fraction of sp³-hybridized carbons (Fsp3) is 0.200. The Morgan fingerprint density at radius 2 is 2.00 bits per heavy atom. The summed E-state index contributed by atoms with van der Waals surface area (Å²) in [7, 11) is 0. The molecule has 0 fully saturated rings. The molecule has 3 aromatic rings. The number of carbonyl (C=O) groups is 1. The van der Waals surface area contributed by atoms with Crippen LogP contribution in [0.5, 0.6) is 11.5 Å². The van der Waals surface area contributed by atoms with E-state index in [0.29, 0.717) is 41.8 Å². The fourth-order valence-electron chi connectivity index (χ4n) is 2.87. The molecule has 0 radical (unpaired) electrons. The Balaban J connectivity index is 1.41. The first-order chi connectivity index (χ1) is 13.7. The maximum Gasteiger partial charge on any atom is 0.251 e. The maximum absolute atomic E-state index is 12.3. The molecule has 2 N–H and O–H groups in total. The highest BCUT2D eigenvalue weighted by Crippen LogP contribution is 2.30. The minimum atomic E-state index is -0.287. The molecule has 0 unspecified atom stereocenters. The van der Waals surface area contributed by atoms with Crippen LogP contribution in [-0.2, 0) is 17.8 Å². The van der Waals surface area contributed by atoms with Gasteiger partial charge < -0.3 is 19.8 Å². The van der Waals surface area contributed by atoms with Crippen LogP contribution in [0.3, 0.4) is 0 Å². The molecule has 8 nitrogen and oxygen atoms in total. The number of rotatable bonds is 5. The van der Waals surface area contributed by atoms with Gasteiger partial charge in [0.15, 0.2) is 11.5 Å². The van der Waals surface area contributed by atoms with Crippen molar-refractivity contribution in [2.45, 2.75) is 13.0 Å². The lowest BCUT2D eigenvalue weighted by Gasteiger charge is -2.18. The van der Waals surface area contributed by atoms with Gasteiger partial charge in [-0.2, -0.15) is 0 Å². The van der Waals surface area contributed by atoms with Crippen molar-refractivity contribution in [3.05, 3.63) is 70.4 Å². The first-order valence-electron chi connectivity index (χ1n) is 8.83. The standard InChI is InChI=1S/C20H18N4O4/c25-18(9-13-3-4-16-17(8-13)28-7-6-27-16)22-12-15-10-19(26)24-20(23-15)14-2-1-5-21-11-14/h1-5,8,10-11H,6-7,9,12H2,(H,22,25)(H,23,24,26). The Morgan fingerprint density at radius 3 is 2.82 bits per heavy atom. The highest BCUT2D eigenvalue weighted by molar-refractivity contribution is 5.78. The molecule has 8 heteroatoms. The average Bonchev–Trinajstić information content (AvgIpc) is 2.72. The van der Waals surface area contributed by atoms with E-state index >= 15 is 0 Å². The number of H-pyrrole nitrogens is 1. The molecular formula is C20H18N4O4. The molecule has 0 saturated heterocycles. The van der Waals surface area contributed by atoms with Gasteiger partial charge >= 0.3 is 0 Å². The monoisotopic (exact) mass is 378 g/mol. The lowest BCUT2D eigenvalue weighted by molar-refractivity contribution is -0.120. The van der Waals surface area contributed by atoms with Crippen LogP contribution in [0, 0.1) is 0 Å². The summed E-state index contributed by atoms with van der Waals surface area (Å²) < 4.78 is 11.0. The largest absolute Gasteiger partial charge is 0.486 e. The zero-order valence-corrected chi connectivity index (χ0v) is 15.0. The van der Waals surface area contributed by atoms with E-state index in [4.69, 9.17) is 9.47 Å². The van der Waals surface area contributed by atoms with Crippen molar-refractivity contribution in [2.75, 3.05) is 13.2 Å². The molecule has 28 heavy (non-hydrogen) atoms. The number of nitrogens with zero attached hydrogens (tertiary/aromatic N) is 2. The Morgan fingerprint density at radius 1 is 1.14 bits per heavy atom. The number of aromatic nitrogens is 3. The van der Waals surface area contributed by atoms with Crippen LogP contribution in [0.25, 0.3) is 11.4 Å². The van der Waals surface area contributed by atoms with Gasteiger partial charge in [-0.05, 0) is 29.8 Å². The number of hydrogen-bond acceptors (Lipinski definition) is 6. The molecule has 142 valence electrons. The lowest BCUT2D eigenvalue weighted by atomic mass is 10.1.